The summed E-state index contributed by atoms with van der Waals surface area (Å²) in [6.45, 7) is 5.89. The molecule has 0 aromatic heterocycles. The fourth-order valence-electron chi connectivity index (χ4n) is 1.59. The van der Waals surface area contributed by atoms with Crippen molar-refractivity contribution in [2.24, 2.45) is 5.92 Å². The summed E-state index contributed by atoms with van der Waals surface area (Å²) in [4.78, 5) is 0. The van der Waals surface area contributed by atoms with Crippen molar-refractivity contribution in [3.05, 3.63) is 24.1 Å². The molecule has 0 saturated carbocycles. The van der Waals surface area contributed by atoms with Crippen molar-refractivity contribution in [3.63, 3.8) is 0 Å². The van der Waals surface area contributed by atoms with Crippen molar-refractivity contribution >= 4 is 0 Å². The molecule has 0 saturated heterocycles. The van der Waals surface area contributed by atoms with Gasteiger partial charge in [-0.05, 0) is 19.1 Å². The molecule has 0 amide bonds. The lowest BCUT2D eigenvalue weighted by Gasteiger charge is -2.07. The fraction of sp³-hybridized carbons (Fsp3) is 0.714. The van der Waals surface area contributed by atoms with Gasteiger partial charge in [-0.3, -0.25) is 0 Å². The molecule has 0 aromatic rings. The molecule has 0 spiro atoms. The highest BCUT2D eigenvalue weighted by Gasteiger charge is 2.01. The first-order valence-electron chi connectivity index (χ1n) is 6.07. The monoisotopic (exact) mass is 208 g/mol. The number of aliphatic hydroxyl groups is 1. The standard InChI is InChI=1S/C14H24O/c1-3-5-7-8-9-10-12-14(13-15)11-6-4-2/h11,14-15H,2-3,5,7-10,12-13H2,1H3. The first-order valence-corrected chi connectivity index (χ1v) is 6.07. The minimum Gasteiger partial charge on any atom is -0.396 e. The molecule has 1 atom stereocenters. The lowest BCUT2D eigenvalue weighted by Crippen LogP contribution is -2.01. The Hall–Kier alpha value is -0.740. The molecule has 1 nitrogen and oxygen atoms in total. The van der Waals surface area contributed by atoms with E-state index in [9.17, 15) is 0 Å². The van der Waals surface area contributed by atoms with Crippen LogP contribution in [0.4, 0.5) is 0 Å². The van der Waals surface area contributed by atoms with Gasteiger partial charge in [0.1, 0.15) is 0 Å². The highest BCUT2D eigenvalue weighted by atomic mass is 16.3. The minimum atomic E-state index is 0.212. The summed E-state index contributed by atoms with van der Waals surface area (Å²) in [5.74, 6) is 0.241. The van der Waals surface area contributed by atoms with Crippen LogP contribution in [0.2, 0.25) is 0 Å². The van der Waals surface area contributed by atoms with Crippen LogP contribution >= 0.6 is 0 Å². The van der Waals surface area contributed by atoms with Gasteiger partial charge < -0.3 is 5.11 Å². The molecule has 15 heavy (non-hydrogen) atoms. The number of unbranched alkanes of at least 4 members (excludes halogenated alkanes) is 5. The third-order valence-electron chi connectivity index (χ3n) is 2.58. The van der Waals surface area contributed by atoms with E-state index in [1.165, 1.54) is 38.5 Å². The SMILES string of the molecule is C=C=C=CC(CO)CCCCCCCC. The zero-order valence-electron chi connectivity index (χ0n) is 9.97. The molecule has 0 aliphatic carbocycles. The molecule has 1 N–H and O–H groups in total. The van der Waals surface area contributed by atoms with Crippen LogP contribution in [0, 0.1) is 5.92 Å². The Bertz CT molecular complexity index is 207. The van der Waals surface area contributed by atoms with Gasteiger partial charge in [0.2, 0.25) is 0 Å². The number of rotatable bonds is 9. The summed E-state index contributed by atoms with van der Waals surface area (Å²) in [6, 6.07) is 0. The van der Waals surface area contributed by atoms with E-state index in [-0.39, 0.29) is 12.5 Å². The highest BCUT2D eigenvalue weighted by molar-refractivity contribution is 4.87. The van der Waals surface area contributed by atoms with E-state index in [0.717, 1.165) is 6.42 Å². The Kier molecular flexibility index (Phi) is 10.8. The normalized spacial score (nSPS) is 11.6. The average Bonchev–Trinajstić information content (AvgIpc) is 2.27. The van der Waals surface area contributed by atoms with Gasteiger partial charge in [0, 0.05) is 12.5 Å². The predicted octanol–water partition coefficient (Wildman–Crippen LogP) is 3.84. The van der Waals surface area contributed by atoms with E-state index in [0.29, 0.717) is 0 Å². The van der Waals surface area contributed by atoms with Crippen LogP contribution in [0.3, 0.4) is 0 Å². The zero-order valence-corrected chi connectivity index (χ0v) is 9.97. The molecule has 1 heteroatoms. The van der Waals surface area contributed by atoms with Crippen LogP contribution in [0.15, 0.2) is 24.1 Å². The largest absolute Gasteiger partial charge is 0.396 e. The quantitative estimate of drug-likeness (QED) is 0.451. The van der Waals surface area contributed by atoms with E-state index >= 15 is 0 Å². The van der Waals surface area contributed by atoms with Crippen molar-refractivity contribution in [1.29, 1.82) is 0 Å². The maximum absolute atomic E-state index is 9.07. The van der Waals surface area contributed by atoms with Crippen LogP contribution in [-0.4, -0.2) is 11.7 Å². The Morgan fingerprint density at radius 3 is 2.47 bits per heavy atom. The zero-order chi connectivity index (χ0) is 11.4. The van der Waals surface area contributed by atoms with E-state index in [1.54, 1.807) is 0 Å². The summed E-state index contributed by atoms with van der Waals surface area (Å²) in [5.41, 5.74) is 5.40. The first-order chi connectivity index (χ1) is 7.35. The second-order valence-electron chi connectivity index (χ2n) is 3.99. The van der Waals surface area contributed by atoms with E-state index in [4.69, 9.17) is 5.11 Å². The molecule has 0 rings (SSSR count). The van der Waals surface area contributed by atoms with Crippen molar-refractivity contribution in [2.75, 3.05) is 6.61 Å². The van der Waals surface area contributed by atoms with E-state index in [1.807, 2.05) is 6.08 Å². The maximum Gasteiger partial charge on any atom is 0.0500 e. The Balaban J connectivity index is 3.46. The molecule has 1 unspecified atom stereocenters. The molecule has 86 valence electrons. The lowest BCUT2D eigenvalue weighted by atomic mass is 10.0. The molecular weight excluding hydrogens is 184 g/mol. The Morgan fingerprint density at radius 2 is 1.87 bits per heavy atom. The van der Waals surface area contributed by atoms with Gasteiger partial charge in [0.25, 0.3) is 0 Å². The van der Waals surface area contributed by atoms with Gasteiger partial charge in [-0.15, -0.1) is 0 Å². The number of hydrogen-bond donors (Lipinski definition) is 1. The van der Waals surface area contributed by atoms with Crippen molar-refractivity contribution in [1.82, 2.24) is 0 Å². The molecule has 0 bridgehead atoms. The Morgan fingerprint density at radius 1 is 1.20 bits per heavy atom. The van der Waals surface area contributed by atoms with Gasteiger partial charge in [0.15, 0.2) is 0 Å². The van der Waals surface area contributed by atoms with Crippen molar-refractivity contribution in [2.45, 2.75) is 51.9 Å². The lowest BCUT2D eigenvalue weighted by molar-refractivity contribution is 0.243. The summed E-state index contributed by atoms with van der Waals surface area (Å²) in [6.07, 6.45) is 10.7. The molecular formula is C14H24O. The molecule has 0 heterocycles. The van der Waals surface area contributed by atoms with Crippen molar-refractivity contribution < 1.29 is 5.11 Å². The number of aliphatic hydroxyl groups excluding tert-OH is 1. The second-order valence-corrected chi connectivity index (χ2v) is 3.99. The molecule has 0 radical (unpaired) electrons. The average molecular weight is 208 g/mol. The second kappa shape index (κ2) is 11.3. The number of hydrogen-bond acceptors (Lipinski definition) is 1. The van der Waals surface area contributed by atoms with Gasteiger partial charge in [-0.2, -0.15) is 0 Å². The summed E-state index contributed by atoms with van der Waals surface area (Å²) >= 11 is 0. The predicted molar refractivity (Wildman–Crippen MR) is 65.8 cm³/mol. The van der Waals surface area contributed by atoms with Crippen LogP contribution in [-0.2, 0) is 0 Å². The first kappa shape index (κ1) is 14.3. The van der Waals surface area contributed by atoms with E-state index in [2.05, 4.69) is 25.0 Å². The van der Waals surface area contributed by atoms with Crippen LogP contribution in [0.1, 0.15) is 51.9 Å². The minimum absolute atomic E-state index is 0.212. The molecule has 0 fully saturated rings. The smallest absolute Gasteiger partial charge is 0.0500 e. The summed E-state index contributed by atoms with van der Waals surface area (Å²) in [5, 5.41) is 9.07. The summed E-state index contributed by atoms with van der Waals surface area (Å²) < 4.78 is 0. The molecule has 0 aliphatic heterocycles. The van der Waals surface area contributed by atoms with Gasteiger partial charge in [-0.25, -0.2) is 0 Å². The van der Waals surface area contributed by atoms with E-state index < -0.39 is 0 Å². The van der Waals surface area contributed by atoms with Gasteiger partial charge in [-0.1, -0.05) is 56.9 Å². The molecule has 0 aliphatic rings. The van der Waals surface area contributed by atoms with Crippen LogP contribution in [0.5, 0.6) is 0 Å². The van der Waals surface area contributed by atoms with Gasteiger partial charge >= 0.3 is 0 Å². The third-order valence-corrected chi connectivity index (χ3v) is 2.58. The maximum atomic E-state index is 9.07. The third kappa shape index (κ3) is 9.56. The molecule has 0 aromatic carbocycles. The topological polar surface area (TPSA) is 20.2 Å². The Labute approximate surface area is 94.2 Å². The fourth-order valence-corrected chi connectivity index (χ4v) is 1.59. The highest BCUT2D eigenvalue weighted by Crippen LogP contribution is 2.12. The van der Waals surface area contributed by atoms with Crippen molar-refractivity contribution in [3.8, 4) is 0 Å². The van der Waals surface area contributed by atoms with Crippen LogP contribution < -0.4 is 0 Å². The summed E-state index contributed by atoms with van der Waals surface area (Å²) in [7, 11) is 0. The van der Waals surface area contributed by atoms with Gasteiger partial charge in [0.05, 0.1) is 0 Å². The van der Waals surface area contributed by atoms with Crippen LogP contribution in [0.25, 0.3) is 0 Å².